The summed E-state index contributed by atoms with van der Waals surface area (Å²) in [6.45, 7) is 0. The molecule has 3 rings (SSSR count). The molecule has 2 aliphatic carbocycles. The fourth-order valence-electron chi connectivity index (χ4n) is 3.71. The molecule has 4 heteroatoms. The fraction of sp³-hybridized carbons (Fsp3) is 0.571. The minimum Gasteiger partial charge on any atom is -0.223 e. The van der Waals surface area contributed by atoms with E-state index in [9.17, 15) is 8.42 Å². The lowest BCUT2D eigenvalue weighted by molar-refractivity contribution is 0.474. The Hall–Kier alpha value is -0.480. The second kappa shape index (κ2) is 4.57. The van der Waals surface area contributed by atoms with E-state index in [1.54, 1.807) is 23.9 Å². The number of hydrogen-bond donors (Lipinski definition) is 0. The van der Waals surface area contributed by atoms with Crippen molar-refractivity contribution in [2.24, 2.45) is 11.8 Å². The first kappa shape index (κ1) is 12.5. The molecule has 98 valence electrons. The van der Waals surface area contributed by atoms with Crippen molar-refractivity contribution in [3.8, 4) is 0 Å². The third kappa shape index (κ3) is 1.81. The maximum Gasteiger partial charge on any atom is 0.182 e. The molecule has 2 aliphatic rings. The summed E-state index contributed by atoms with van der Waals surface area (Å²) in [5, 5.41) is 0.141. The largest absolute Gasteiger partial charge is 0.223 e. The van der Waals surface area contributed by atoms with Gasteiger partial charge in [-0.15, -0.1) is 0 Å². The van der Waals surface area contributed by atoms with Gasteiger partial charge >= 0.3 is 0 Å². The molecule has 1 aromatic rings. The van der Waals surface area contributed by atoms with E-state index in [0.29, 0.717) is 22.0 Å². The average molecular weight is 282 g/mol. The van der Waals surface area contributed by atoms with Crippen LogP contribution in [0.25, 0.3) is 0 Å². The van der Waals surface area contributed by atoms with Crippen molar-refractivity contribution in [3.63, 3.8) is 0 Å². The molecule has 18 heavy (non-hydrogen) atoms. The Bertz CT molecular complexity index is 524. The van der Waals surface area contributed by atoms with Crippen molar-refractivity contribution in [2.75, 3.05) is 6.26 Å². The van der Waals surface area contributed by atoms with Crippen LogP contribution in [0.5, 0.6) is 0 Å². The predicted molar refractivity (Wildman–Crippen MR) is 75.5 cm³/mol. The molecule has 0 aromatic heterocycles. The van der Waals surface area contributed by atoms with E-state index in [1.165, 1.54) is 6.42 Å². The first-order valence-electron chi connectivity index (χ1n) is 6.46. The Morgan fingerprint density at radius 1 is 1.11 bits per heavy atom. The maximum atomic E-state index is 12.8. The zero-order chi connectivity index (χ0) is 12.8. The fourth-order valence-corrected chi connectivity index (χ4v) is 7.78. The van der Waals surface area contributed by atoms with Crippen LogP contribution in [0.15, 0.2) is 35.2 Å². The number of thioether (sulfide) groups is 1. The summed E-state index contributed by atoms with van der Waals surface area (Å²) in [7, 11) is -3.15. The molecular formula is C14H18O2S2. The number of fused-ring (bicyclic) bond motifs is 2. The van der Waals surface area contributed by atoms with Gasteiger partial charge < -0.3 is 0 Å². The summed E-state index contributed by atoms with van der Waals surface area (Å²) in [6.07, 6.45) is 5.48. The molecule has 4 atom stereocenters. The predicted octanol–water partition coefficient (Wildman–Crippen LogP) is 2.99. The molecule has 0 amide bonds. The maximum absolute atomic E-state index is 12.8. The van der Waals surface area contributed by atoms with Crippen LogP contribution in [0, 0.1) is 11.8 Å². The Morgan fingerprint density at radius 3 is 2.44 bits per heavy atom. The van der Waals surface area contributed by atoms with Gasteiger partial charge in [0.25, 0.3) is 0 Å². The second-order valence-corrected chi connectivity index (χ2v) is 8.48. The minimum atomic E-state index is -3.15. The van der Waals surface area contributed by atoms with E-state index in [4.69, 9.17) is 0 Å². The first-order chi connectivity index (χ1) is 8.64. The van der Waals surface area contributed by atoms with Crippen molar-refractivity contribution in [1.82, 2.24) is 0 Å². The molecule has 2 nitrogen and oxygen atoms in total. The van der Waals surface area contributed by atoms with Crippen LogP contribution in [-0.4, -0.2) is 25.2 Å². The lowest BCUT2D eigenvalue weighted by Gasteiger charge is -2.29. The van der Waals surface area contributed by atoms with Crippen LogP contribution in [0.1, 0.15) is 19.3 Å². The van der Waals surface area contributed by atoms with Gasteiger partial charge in [-0.25, -0.2) is 8.42 Å². The number of hydrogen-bond acceptors (Lipinski definition) is 3. The number of benzene rings is 1. The molecule has 1 aromatic carbocycles. The van der Waals surface area contributed by atoms with Crippen molar-refractivity contribution in [1.29, 1.82) is 0 Å². The third-order valence-electron chi connectivity index (χ3n) is 4.47. The van der Waals surface area contributed by atoms with E-state index >= 15 is 0 Å². The molecule has 0 heterocycles. The second-order valence-electron chi connectivity index (χ2n) is 5.36. The Kier molecular flexibility index (Phi) is 3.18. The topological polar surface area (TPSA) is 34.1 Å². The highest BCUT2D eigenvalue weighted by atomic mass is 32.2. The normalized spacial score (nSPS) is 34.9. The highest BCUT2D eigenvalue weighted by Crippen LogP contribution is 2.52. The smallest absolute Gasteiger partial charge is 0.182 e. The highest BCUT2D eigenvalue weighted by molar-refractivity contribution is 8.01. The lowest BCUT2D eigenvalue weighted by atomic mass is 10.00. The summed E-state index contributed by atoms with van der Waals surface area (Å²) in [5.74, 6) is 1.01. The average Bonchev–Trinajstić information content (AvgIpc) is 2.99. The SMILES string of the molecule is CS[C@@H]1[C@@H]2CC[C@@H](C2)[C@H]1S(=O)(=O)c1ccccc1. The van der Waals surface area contributed by atoms with Gasteiger partial charge in [0.05, 0.1) is 10.1 Å². The van der Waals surface area contributed by atoms with E-state index in [2.05, 4.69) is 6.26 Å². The van der Waals surface area contributed by atoms with Gasteiger partial charge in [0, 0.05) is 5.25 Å². The van der Waals surface area contributed by atoms with Gasteiger partial charge in [-0.3, -0.25) is 0 Å². The Labute approximate surface area is 113 Å². The molecular weight excluding hydrogens is 264 g/mol. The minimum absolute atomic E-state index is 0.159. The van der Waals surface area contributed by atoms with E-state index in [0.717, 1.165) is 12.8 Å². The van der Waals surface area contributed by atoms with Gasteiger partial charge in [0.15, 0.2) is 9.84 Å². The molecule has 2 bridgehead atoms. The van der Waals surface area contributed by atoms with Gasteiger partial charge in [0.2, 0.25) is 0 Å². The van der Waals surface area contributed by atoms with Crippen LogP contribution >= 0.6 is 11.8 Å². The van der Waals surface area contributed by atoms with E-state index in [1.807, 2.05) is 18.2 Å². The van der Waals surface area contributed by atoms with Crippen LogP contribution < -0.4 is 0 Å². The molecule has 0 aliphatic heterocycles. The van der Waals surface area contributed by atoms with Crippen LogP contribution in [0.2, 0.25) is 0 Å². The zero-order valence-corrected chi connectivity index (χ0v) is 12.1. The van der Waals surface area contributed by atoms with Crippen LogP contribution in [0.3, 0.4) is 0 Å². The molecule has 2 fully saturated rings. The number of sulfone groups is 1. The van der Waals surface area contributed by atoms with Crippen molar-refractivity contribution < 1.29 is 8.42 Å². The highest BCUT2D eigenvalue weighted by Gasteiger charge is 2.53. The van der Waals surface area contributed by atoms with Crippen molar-refractivity contribution in [2.45, 2.75) is 34.7 Å². The first-order valence-corrected chi connectivity index (χ1v) is 9.30. The standard InChI is InChI=1S/C14H18O2S2/c1-17-13-10-7-8-11(9-10)14(13)18(15,16)12-5-3-2-4-6-12/h2-6,10-11,13-14H,7-9H2,1H3/t10-,11+,13-,14-/m1/s1. The van der Waals surface area contributed by atoms with Gasteiger partial charge in [0.1, 0.15) is 0 Å². The molecule has 0 N–H and O–H groups in total. The molecule has 0 unspecified atom stereocenters. The summed E-state index contributed by atoms with van der Waals surface area (Å²) in [4.78, 5) is 0.501. The Balaban J connectivity index is 1.99. The van der Waals surface area contributed by atoms with Crippen molar-refractivity contribution >= 4 is 21.6 Å². The van der Waals surface area contributed by atoms with E-state index in [-0.39, 0.29) is 5.25 Å². The monoisotopic (exact) mass is 282 g/mol. The van der Waals surface area contributed by atoms with Gasteiger partial charge in [-0.05, 0) is 49.5 Å². The lowest BCUT2D eigenvalue weighted by Crippen LogP contribution is -2.37. The van der Waals surface area contributed by atoms with Gasteiger partial charge in [-0.1, -0.05) is 18.2 Å². The van der Waals surface area contributed by atoms with Gasteiger partial charge in [-0.2, -0.15) is 11.8 Å². The van der Waals surface area contributed by atoms with Crippen molar-refractivity contribution in [3.05, 3.63) is 30.3 Å². The summed E-state index contributed by atoms with van der Waals surface area (Å²) in [5.41, 5.74) is 0. The summed E-state index contributed by atoms with van der Waals surface area (Å²) in [6, 6.07) is 8.96. The van der Waals surface area contributed by atoms with Crippen LogP contribution in [-0.2, 0) is 9.84 Å². The van der Waals surface area contributed by atoms with E-state index < -0.39 is 9.84 Å². The summed E-state index contributed by atoms with van der Waals surface area (Å²) >= 11 is 1.75. The van der Waals surface area contributed by atoms with Crippen LogP contribution in [0.4, 0.5) is 0 Å². The molecule has 0 spiro atoms. The summed E-state index contributed by atoms with van der Waals surface area (Å²) < 4.78 is 25.6. The molecule has 2 saturated carbocycles. The number of rotatable bonds is 3. The quantitative estimate of drug-likeness (QED) is 0.854. The molecule has 0 radical (unpaired) electrons. The Morgan fingerprint density at radius 2 is 1.78 bits per heavy atom. The third-order valence-corrected chi connectivity index (χ3v) is 8.19. The molecule has 0 saturated heterocycles. The zero-order valence-electron chi connectivity index (χ0n) is 10.5.